The van der Waals surface area contributed by atoms with Gasteiger partial charge in [0.05, 0.1) is 12.3 Å². The van der Waals surface area contributed by atoms with Crippen molar-refractivity contribution in [1.29, 1.82) is 0 Å². The van der Waals surface area contributed by atoms with Crippen molar-refractivity contribution >= 4 is 11.6 Å². The molecular formula is C9H12ClN3O. The fraction of sp³-hybridized carbons (Fsp3) is 0.556. The van der Waals surface area contributed by atoms with E-state index in [1.165, 1.54) is 0 Å². The number of fused-ring (bicyclic) bond motifs is 1. The highest BCUT2D eigenvalue weighted by Gasteiger charge is 2.17. The van der Waals surface area contributed by atoms with Gasteiger partial charge in [-0.05, 0) is 18.5 Å². The molecule has 1 aromatic heterocycles. The molecule has 0 amide bonds. The first kappa shape index (κ1) is 9.68. The fourth-order valence-electron chi connectivity index (χ4n) is 1.54. The maximum absolute atomic E-state index is 5.79. The highest BCUT2D eigenvalue weighted by Crippen LogP contribution is 2.23. The molecule has 14 heavy (non-hydrogen) atoms. The lowest BCUT2D eigenvalue weighted by molar-refractivity contribution is 0.319. The summed E-state index contributed by atoms with van der Waals surface area (Å²) in [6.45, 7) is 4.23. The van der Waals surface area contributed by atoms with Crippen LogP contribution in [0.5, 0.6) is 5.88 Å². The van der Waals surface area contributed by atoms with Crippen LogP contribution < -0.4 is 10.1 Å². The summed E-state index contributed by atoms with van der Waals surface area (Å²) in [5.74, 6) is 0.620. The maximum Gasteiger partial charge on any atom is 0.225 e. The first-order valence-corrected chi connectivity index (χ1v) is 5.08. The van der Waals surface area contributed by atoms with Crippen LogP contribution in [0.25, 0.3) is 0 Å². The Morgan fingerprint density at radius 2 is 2.36 bits per heavy atom. The minimum atomic E-state index is 0.272. The van der Waals surface area contributed by atoms with Gasteiger partial charge in [0.15, 0.2) is 0 Å². The number of nitrogens with zero attached hydrogens (tertiary/aromatic N) is 2. The average Bonchev–Trinajstić information content (AvgIpc) is 2.18. The van der Waals surface area contributed by atoms with E-state index >= 15 is 0 Å². The van der Waals surface area contributed by atoms with Gasteiger partial charge in [0, 0.05) is 25.1 Å². The summed E-state index contributed by atoms with van der Waals surface area (Å²) in [4.78, 5) is 8.26. The largest absolute Gasteiger partial charge is 0.478 e. The molecule has 1 aliphatic heterocycles. The Morgan fingerprint density at radius 3 is 3.14 bits per heavy atom. The topological polar surface area (TPSA) is 47.0 Å². The van der Waals surface area contributed by atoms with Gasteiger partial charge in [-0.2, -0.15) is 4.98 Å². The summed E-state index contributed by atoms with van der Waals surface area (Å²) >= 11 is 5.79. The number of hydrogen-bond donors (Lipinski definition) is 1. The Kier molecular flexibility index (Phi) is 2.84. The lowest BCUT2D eigenvalue weighted by Gasteiger charge is -2.18. The van der Waals surface area contributed by atoms with Crippen molar-refractivity contribution < 1.29 is 4.74 Å². The molecule has 0 spiro atoms. The minimum absolute atomic E-state index is 0.272. The second kappa shape index (κ2) is 4.11. The van der Waals surface area contributed by atoms with Crippen molar-refractivity contribution in [2.45, 2.75) is 19.9 Å². The molecule has 0 fully saturated rings. The molecule has 0 aliphatic carbocycles. The van der Waals surface area contributed by atoms with Gasteiger partial charge >= 0.3 is 0 Å². The second-order valence-corrected chi connectivity index (χ2v) is 3.42. The molecule has 4 nitrogen and oxygen atoms in total. The van der Waals surface area contributed by atoms with Gasteiger partial charge in [0.1, 0.15) is 0 Å². The summed E-state index contributed by atoms with van der Waals surface area (Å²) in [5.41, 5.74) is 2.05. The Hall–Kier alpha value is -0.870. The van der Waals surface area contributed by atoms with Crippen LogP contribution in [0.3, 0.4) is 0 Å². The van der Waals surface area contributed by atoms with Crippen molar-refractivity contribution in [3.8, 4) is 5.88 Å². The van der Waals surface area contributed by atoms with Crippen molar-refractivity contribution in [3.05, 3.63) is 16.5 Å². The van der Waals surface area contributed by atoms with E-state index in [9.17, 15) is 0 Å². The molecule has 2 heterocycles. The molecule has 0 atom stereocenters. The molecule has 1 aliphatic rings. The Balaban J connectivity index is 2.41. The molecule has 5 heteroatoms. The van der Waals surface area contributed by atoms with Crippen LogP contribution in [0.15, 0.2) is 0 Å². The standard InChI is InChI=1S/C9H12ClN3O/c1-2-14-8-6-5-11-4-3-7(6)12-9(10)13-8/h11H,2-5H2,1H3. The van der Waals surface area contributed by atoms with Gasteiger partial charge < -0.3 is 10.1 Å². The quantitative estimate of drug-likeness (QED) is 0.750. The zero-order valence-corrected chi connectivity index (χ0v) is 8.76. The zero-order chi connectivity index (χ0) is 9.97. The van der Waals surface area contributed by atoms with E-state index < -0.39 is 0 Å². The van der Waals surface area contributed by atoms with E-state index in [4.69, 9.17) is 16.3 Å². The first-order valence-electron chi connectivity index (χ1n) is 4.70. The Bertz CT molecular complexity index is 343. The van der Waals surface area contributed by atoms with Gasteiger partial charge in [0.25, 0.3) is 0 Å². The number of halogens is 1. The van der Waals surface area contributed by atoms with Crippen LogP contribution in [-0.2, 0) is 13.0 Å². The van der Waals surface area contributed by atoms with Crippen molar-refractivity contribution in [1.82, 2.24) is 15.3 Å². The Labute approximate surface area is 87.7 Å². The predicted molar refractivity (Wildman–Crippen MR) is 53.6 cm³/mol. The van der Waals surface area contributed by atoms with E-state index in [1.54, 1.807) is 0 Å². The Morgan fingerprint density at radius 1 is 1.50 bits per heavy atom. The van der Waals surface area contributed by atoms with Gasteiger partial charge in [-0.3, -0.25) is 0 Å². The van der Waals surface area contributed by atoms with E-state index in [-0.39, 0.29) is 5.28 Å². The second-order valence-electron chi connectivity index (χ2n) is 3.08. The van der Waals surface area contributed by atoms with Crippen molar-refractivity contribution in [2.24, 2.45) is 0 Å². The molecule has 0 saturated heterocycles. The molecule has 1 N–H and O–H groups in total. The third kappa shape index (κ3) is 1.81. The maximum atomic E-state index is 5.79. The van der Waals surface area contributed by atoms with Crippen molar-refractivity contribution in [3.63, 3.8) is 0 Å². The SMILES string of the molecule is CCOc1nc(Cl)nc2c1CNCC2. The third-order valence-corrected chi connectivity index (χ3v) is 2.32. The molecule has 0 radical (unpaired) electrons. The van der Waals surface area contributed by atoms with Gasteiger partial charge in [0.2, 0.25) is 11.2 Å². The summed E-state index contributed by atoms with van der Waals surface area (Å²) in [6, 6.07) is 0. The molecule has 0 aromatic carbocycles. The summed E-state index contributed by atoms with van der Waals surface area (Å²) in [6.07, 6.45) is 0.887. The van der Waals surface area contributed by atoms with E-state index in [0.29, 0.717) is 12.5 Å². The first-order chi connectivity index (χ1) is 6.81. The van der Waals surface area contributed by atoms with Crippen molar-refractivity contribution in [2.75, 3.05) is 13.2 Å². The number of hydrogen-bond acceptors (Lipinski definition) is 4. The van der Waals surface area contributed by atoms with Gasteiger partial charge in [-0.25, -0.2) is 4.98 Å². The molecule has 0 unspecified atom stereocenters. The number of rotatable bonds is 2. The number of aromatic nitrogens is 2. The van der Waals surface area contributed by atoms with Crippen LogP contribution in [0.2, 0.25) is 5.28 Å². The summed E-state index contributed by atoms with van der Waals surface area (Å²) in [5, 5.41) is 3.53. The molecule has 0 bridgehead atoms. The monoisotopic (exact) mass is 213 g/mol. The van der Waals surface area contributed by atoms with Crippen LogP contribution in [-0.4, -0.2) is 23.1 Å². The molecule has 0 saturated carbocycles. The zero-order valence-electron chi connectivity index (χ0n) is 8.01. The van der Waals surface area contributed by atoms with E-state index in [0.717, 1.165) is 30.8 Å². The van der Waals surface area contributed by atoms with E-state index in [1.807, 2.05) is 6.92 Å². The highest BCUT2D eigenvalue weighted by atomic mass is 35.5. The van der Waals surface area contributed by atoms with Crippen LogP contribution in [0, 0.1) is 0 Å². The minimum Gasteiger partial charge on any atom is -0.478 e. The van der Waals surface area contributed by atoms with Gasteiger partial charge in [-0.1, -0.05) is 0 Å². The summed E-state index contributed by atoms with van der Waals surface area (Å²) in [7, 11) is 0. The van der Waals surface area contributed by atoms with Gasteiger partial charge in [-0.15, -0.1) is 0 Å². The third-order valence-electron chi connectivity index (χ3n) is 2.15. The molecule has 76 valence electrons. The van der Waals surface area contributed by atoms with Crippen LogP contribution >= 0.6 is 11.6 Å². The fourth-order valence-corrected chi connectivity index (χ4v) is 1.72. The van der Waals surface area contributed by atoms with Crippen LogP contribution in [0.1, 0.15) is 18.2 Å². The van der Waals surface area contributed by atoms with E-state index in [2.05, 4.69) is 15.3 Å². The normalized spacial score (nSPS) is 15.0. The summed E-state index contributed by atoms with van der Waals surface area (Å²) < 4.78 is 5.41. The molecule has 1 aromatic rings. The molecule has 2 rings (SSSR count). The lowest BCUT2D eigenvalue weighted by atomic mass is 10.1. The highest BCUT2D eigenvalue weighted by molar-refractivity contribution is 6.28. The average molecular weight is 214 g/mol. The molecular weight excluding hydrogens is 202 g/mol. The number of nitrogens with one attached hydrogen (secondary N) is 1. The smallest absolute Gasteiger partial charge is 0.225 e. The lowest BCUT2D eigenvalue weighted by Crippen LogP contribution is -2.25. The number of ether oxygens (including phenoxy) is 1. The predicted octanol–water partition coefficient (Wildman–Crippen LogP) is 1.17. The van der Waals surface area contributed by atoms with Crippen LogP contribution in [0.4, 0.5) is 0 Å².